The Balaban J connectivity index is 0.00000171. The molecule has 2 heterocycles. The van der Waals surface area contributed by atoms with Crippen LogP contribution >= 0.6 is 71.4 Å². The van der Waals surface area contributed by atoms with Crippen molar-refractivity contribution in [2.75, 3.05) is 18.1 Å². The summed E-state index contributed by atoms with van der Waals surface area (Å²) in [5, 5.41) is 1.60. The van der Waals surface area contributed by atoms with E-state index in [0.717, 1.165) is 10.5 Å². The molecule has 0 saturated carbocycles. The third-order valence-corrected chi connectivity index (χ3v) is 6.56. The van der Waals surface area contributed by atoms with E-state index in [1.165, 1.54) is 0 Å². The molecule has 0 aliphatic carbocycles. The summed E-state index contributed by atoms with van der Waals surface area (Å²) in [5.74, 6) is -0.330. The highest BCUT2D eigenvalue weighted by molar-refractivity contribution is 7.99. The van der Waals surface area contributed by atoms with Crippen molar-refractivity contribution < 1.29 is 9.47 Å². The van der Waals surface area contributed by atoms with Gasteiger partial charge in [0.05, 0.1) is 41.3 Å². The van der Waals surface area contributed by atoms with Crippen LogP contribution in [-0.2, 0) is 21.8 Å². The molecule has 168 valence electrons. The molecule has 0 radical (unpaired) electrons. The van der Waals surface area contributed by atoms with E-state index in [4.69, 9.17) is 50.0 Å². The number of hydrogen-bond acceptors (Lipinski definition) is 5. The highest BCUT2D eigenvalue weighted by Gasteiger charge is 2.45. The van der Waals surface area contributed by atoms with E-state index in [1.54, 1.807) is 42.5 Å². The molecule has 2 aromatic carbocycles. The standard InChI is InChI=1S/C20H18Cl3N3O2S.2ClH/c21-13-1-3-16(17(22)7-13)20(11-26-6-5-25-12-26)27-9-14(28-20)10-29-15-2-4-19(24)18(23)8-15;;/h1-8,12,14H,9-11,24H2;2*1H/t14-,20+;;/m0../s1. The average molecular weight is 544 g/mol. The molecule has 1 fully saturated rings. The van der Waals surface area contributed by atoms with E-state index in [0.29, 0.717) is 39.7 Å². The maximum Gasteiger partial charge on any atom is 0.215 e. The minimum atomic E-state index is -1.02. The first-order valence-electron chi connectivity index (χ1n) is 8.86. The van der Waals surface area contributed by atoms with Crippen LogP contribution < -0.4 is 5.73 Å². The fourth-order valence-electron chi connectivity index (χ4n) is 3.16. The number of aromatic nitrogens is 2. The Morgan fingerprint density at radius 1 is 1.13 bits per heavy atom. The van der Waals surface area contributed by atoms with Gasteiger partial charge in [-0.1, -0.05) is 40.9 Å². The van der Waals surface area contributed by atoms with Crippen molar-refractivity contribution in [1.29, 1.82) is 0 Å². The number of ether oxygens (including phenoxy) is 2. The summed E-state index contributed by atoms with van der Waals surface area (Å²) in [6, 6.07) is 10.9. The number of anilines is 1. The second-order valence-corrected chi connectivity index (χ2v) is 9.00. The number of imidazole rings is 1. The molecule has 2 N–H and O–H groups in total. The zero-order valence-corrected chi connectivity index (χ0v) is 20.8. The fraction of sp³-hybridized carbons (Fsp3) is 0.250. The lowest BCUT2D eigenvalue weighted by Gasteiger charge is -2.30. The maximum atomic E-state index is 6.49. The number of benzene rings is 2. The lowest BCUT2D eigenvalue weighted by atomic mass is 10.1. The largest absolute Gasteiger partial charge is 0.398 e. The lowest BCUT2D eigenvalue weighted by molar-refractivity contribution is -0.184. The summed E-state index contributed by atoms with van der Waals surface area (Å²) in [7, 11) is 0. The number of hydrogen-bond donors (Lipinski definition) is 1. The number of halogens is 5. The molecule has 0 amide bonds. The molecule has 0 bridgehead atoms. The van der Waals surface area contributed by atoms with Gasteiger partial charge in [0.15, 0.2) is 0 Å². The van der Waals surface area contributed by atoms with Crippen LogP contribution in [0.25, 0.3) is 0 Å². The van der Waals surface area contributed by atoms with Gasteiger partial charge < -0.3 is 19.8 Å². The Morgan fingerprint density at radius 2 is 1.94 bits per heavy atom. The Kier molecular flexibility index (Phi) is 9.67. The number of nitrogens with two attached hydrogens (primary N) is 1. The van der Waals surface area contributed by atoms with E-state index >= 15 is 0 Å². The van der Waals surface area contributed by atoms with E-state index in [9.17, 15) is 0 Å². The van der Waals surface area contributed by atoms with Gasteiger partial charge in [0, 0.05) is 33.6 Å². The van der Waals surface area contributed by atoms with E-state index in [1.807, 2.05) is 29.0 Å². The van der Waals surface area contributed by atoms with Gasteiger partial charge >= 0.3 is 0 Å². The van der Waals surface area contributed by atoms with E-state index in [2.05, 4.69) is 4.98 Å². The van der Waals surface area contributed by atoms with Crippen molar-refractivity contribution in [3.05, 3.63) is 75.8 Å². The number of thioether (sulfide) groups is 1. The monoisotopic (exact) mass is 541 g/mol. The van der Waals surface area contributed by atoms with Gasteiger partial charge in [-0.15, -0.1) is 36.6 Å². The third kappa shape index (κ3) is 6.15. The predicted molar refractivity (Wildman–Crippen MR) is 132 cm³/mol. The van der Waals surface area contributed by atoms with E-state index < -0.39 is 5.79 Å². The summed E-state index contributed by atoms with van der Waals surface area (Å²) in [6.07, 6.45) is 5.16. The smallest absolute Gasteiger partial charge is 0.215 e. The molecule has 1 aliphatic rings. The summed E-state index contributed by atoms with van der Waals surface area (Å²) >= 11 is 20.3. The summed E-state index contributed by atoms with van der Waals surface area (Å²) in [4.78, 5) is 5.12. The van der Waals surface area contributed by atoms with Gasteiger partial charge in [-0.25, -0.2) is 4.98 Å². The number of nitrogens with zero attached hydrogens (tertiary/aromatic N) is 2. The van der Waals surface area contributed by atoms with Crippen molar-refractivity contribution >= 4 is 77.1 Å². The van der Waals surface area contributed by atoms with Crippen LogP contribution in [-0.4, -0.2) is 28.0 Å². The average Bonchev–Trinajstić information content (AvgIpc) is 3.33. The predicted octanol–water partition coefficient (Wildman–Crippen LogP) is 6.33. The molecule has 0 spiro atoms. The molecule has 3 aromatic rings. The molecule has 1 aliphatic heterocycles. The first-order valence-corrected chi connectivity index (χ1v) is 11.0. The van der Waals surface area contributed by atoms with Gasteiger partial charge in [0.25, 0.3) is 0 Å². The quantitative estimate of drug-likeness (QED) is 0.291. The Hall–Kier alpha value is -0.830. The fourth-order valence-corrected chi connectivity index (χ4v) is 4.87. The molecule has 11 heteroatoms. The number of rotatable bonds is 6. The van der Waals surface area contributed by atoms with Crippen LogP contribution in [0.4, 0.5) is 5.69 Å². The molecule has 0 unspecified atom stereocenters. The van der Waals surface area contributed by atoms with Crippen molar-refractivity contribution in [3.63, 3.8) is 0 Å². The molecule has 1 saturated heterocycles. The van der Waals surface area contributed by atoms with Gasteiger partial charge in [0.1, 0.15) is 0 Å². The van der Waals surface area contributed by atoms with Crippen molar-refractivity contribution in [3.8, 4) is 0 Å². The molecule has 5 nitrogen and oxygen atoms in total. The van der Waals surface area contributed by atoms with Gasteiger partial charge in [-0.2, -0.15) is 0 Å². The molecule has 31 heavy (non-hydrogen) atoms. The second-order valence-electron chi connectivity index (χ2n) is 6.66. The van der Waals surface area contributed by atoms with Crippen LogP contribution in [0.1, 0.15) is 5.56 Å². The molecular formula is C20H20Cl5N3O2S. The van der Waals surface area contributed by atoms with E-state index in [-0.39, 0.29) is 30.9 Å². The maximum absolute atomic E-state index is 6.49. The molecule has 2 atom stereocenters. The highest BCUT2D eigenvalue weighted by Crippen LogP contribution is 2.41. The third-order valence-electron chi connectivity index (χ3n) is 4.56. The number of nitrogen functional groups attached to an aromatic ring is 1. The topological polar surface area (TPSA) is 62.3 Å². The minimum absolute atomic E-state index is 0. The first kappa shape index (κ1) is 26.4. The summed E-state index contributed by atoms with van der Waals surface area (Å²) < 4.78 is 14.5. The van der Waals surface area contributed by atoms with Gasteiger partial charge in [-0.05, 0) is 30.3 Å². The molecular weight excluding hydrogens is 524 g/mol. The van der Waals surface area contributed by atoms with Crippen LogP contribution in [0.3, 0.4) is 0 Å². The van der Waals surface area contributed by atoms with Crippen molar-refractivity contribution in [1.82, 2.24) is 9.55 Å². The molecule has 4 rings (SSSR count). The minimum Gasteiger partial charge on any atom is -0.398 e. The zero-order chi connectivity index (χ0) is 20.4. The van der Waals surface area contributed by atoms with Crippen LogP contribution in [0.15, 0.2) is 60.0 Å². The van der Waals surface area contributed by atoms with Crippen LogP contribution in [0, 0.1) is 0 Å². The van der Waals surface area contributed by atoms with Crippen LogP contribution in [0.5, 0.6) is 0 Å². The summed E-state index contributed by atoms with van der Waals surface area (Å²) in [6.45, 7) is 0.854. The molecule has 1 aromatic heterocycles. The lowest BCUT2D eigenvalue weighted by Crippen LogP contribution is -2.34. The normalized spacial score (nSPS) is 20.2. The second kappa shape index (κ2) is 11.3. The highest BCUT2D eigenvalue weighted by atomic mass is 35.5. The summed E-state index contributed by atoms with van der Waals surface area (Å²) in [5.41, 5.74) is 7.08. The SMILES string of the molecule is Cl.Cl.Nc1ccc(SC[C@@H]2CO[C@@](Cn3ccnc3)(c3ccc(Cl)cc3Cl)O2)cc1Cl. The Labute approximate surface area is 212 Å². The van der Waals surface area contributed by atoms with Gasteiger partial charge in [-0.3, -0.25) is 0 Å². The van der Waals surface area contributed by atoms with Crippen molar-refractivity contribution in [2.45, 2.75) is 23.3 Å². The van der Waals surface area contributed by atoms with Crippen LogP contribution in [0.2, 0.25) is 15.1 Å². The Morgan fingerprint density at radius 3 is 2.61 bits per heavy atom. The first-order chi connectivity index (χ1) is 13.9. The Bertz CT molecular complexity index is 1010. The zero-order valence-electron chi connectivity index (χ0n) is 16.0. The van der Waals surface area contributed by atoms with Crippen molar-refractivity contribution in [2.24, 2.45) is 0 Å². The van der Waals surface area contributed by atoms with Gasteiger partial charge in [0.2, 0.25) is 5.79 Å².